The molecule has 0 aliphatic carbocycles. The monoisotopic (exact) mass is 308 g/mol. The Kier molecular flexibility index (Phi) is 24.4. The lowest BCUT2D eigenvalue weighted by molar-refractivity contribution is -0.0119. The summed E-state index contributed by atoms with van der Waals surface area (Å²) < 4.78 is 24.3. The van der Waals surface area contributed by atoms with Gasteiger partial charge in [-0.2, -0.15) is 0 Å². The molecule has 0 atom stereocenters. The summed E-state index contributed by atoms with van der Waals surface area (Å²) in [5.41, 5.74) is 0. The molecule has 0 rings (SSSR count). The first-order valence-electron chi connectivity index (χ1n) is 9.22. The molecule has 0 saturated carbocycles. The van der Waals surface area contributed by atoms with Gasteiger partial charge in [-0.15, -0.1) is 0 Å². The number of hydrogen-bond acceptors (Lipinski definition) is 0. The van der Waals surface area contributed by atoms with Crippen molar-refractivity contribution >= 4 is 0 Å². The summed E-state index contributed by atoms with van der Waals surface area (Å²) in [6.45, 7) is 14.5. The topological polar surface area (TPSA) is 0 Å². The molecule has 0 aromatic rings. The van der Waals surface area contributed by atoms with Crippen LogP contribution < -0.4 is 0 Å². The van der Waals surface area contributed by atoms with Crippen LogP contribution in [0.1, 0.15) is 113 Å². The Hall–Kier alpha value is -0.140. The largest absolute Gasteiger partial charge is 0.247 e. The zero-order valence-electron chi connectivity index (χ0n) is 15.9. The van der Waals surface area contributed by atoms with Gasteiger partial charge < -0.3 is 0 Å². The summed E-state index contributed by atoms with van der Waals surface area (Å²) in [6.07, 6.45) is 10.2. The summed E-state index contributed by atoms with van der Waals surface area (Å²) in [5.74, 6) is -1.47. The predicted octanol–water partition coefficient (Wildman–Crippen LogP) is 8.25. The summed E-state index contributed by atoms with van der Waals surface area (Å²) in [5, 5.41) is 0. The van der Waals surface area contributed by atoms with Crippen molar-refractivity contribution in [1.29, 1.82) is 0 Å². The second-order valence-corrected chi connectivity index (χ2v) is 5.94. The van der Waals surface area contributed by atoms with Gasteiger partial charge in [-0.05, 0) is 5.92 Å². The standard InChI is InChI=1S/C7H16.C6H12F2.C6H14/c1-3-5-7-6-4-2;1-3-5-6(7,8)4-2;1-4-6(3)5-2/h3-7H2,1-2H3;3-5H2,1-2H3;6H,4-5H2,1-3H3. The zero-order chi connectivity index (χ0) is 17.1. The van der Waals surface area contributed by atoms with Crippen LogP contribution in [0.5, 0.6) is 0 Å². The van der Waals surface area contributed by atoms with E-state index in [4.69, 9.17) is 0 Å². The minimum absolute atomic E-state index is 0.0269. The van der Waals surface area contributed by atoms with E-state index < -0.39 is 5.92 Å². The SMILES string of the molecule is CCC(C)CC.CCCC(F)(F)CC.CCCCCCC. The third-order valence-electron chi connectivity index (χ3n) is 3.73. The number of hydrogen-bond donors (Lipinski definition) is 0. The van der Waals surface area contributed by atoms with Crippen LogP contribution in [0.3, 0.4) is 0 Å². The van der Waals surface area contributed by atoms with Crippen LogP contribution in [0.4, 0.5) is 8.78 Å². The molecule has 0 amide bonds. The number of rotatable bonds is 9. The highest BCUT2D eigenvalue weighted by Gasteiger charge is 2.23. The Balaban J connectivity index is -0.000000234. The summed E-state index contributed by atoms with van der Waals surface area (Å²) in [6, 6.07) is 0. The first-order valence-corrected chi connectivity index (χ1v) is 9.22. The van der Waals surface area contributed by atoms with Crippen LogP contribution in [0.15, 0.2) is 0 Å². The van der Waals surface area contributed by atoms with Crippen molar-refractivity contribution < 1.29 is 8.78 Å². The lowest BCUT2D eigenvalue weighted by Crippen LogP contribution is -2.12. The van der Waals surface area contributed by atoms with Crippen molar-refractivity contribution in [3.05, 3.63) is 0 Å². The van der Waals surface area contributed by atoms with Gasteiger partial charge in [0, 0.05) is 12.8 Å². The molecule has 0 radical (unpaired) electrons. The van der Waals surface area contributed by atoms with Crippen LogP contribution in [0.2, 0.25) is 0 Å². The van der Waals surface area contributed by atoms with E-state index in [1.54, 1.807) is 6.92 Å². The number of alkyl halides is 2. The molecule has 0 unspecified atom stereocenters. The Morgan fingerprint density at radius 1 is 0.714 bits per heavy atom. The molecule has 0 aromatic carbocycles. The molecule has 2 heteroatoms. The average molecular weight is 309 g/mol. The highest BCUT2D eigenvalue weighted by molar-refractivity contribution is 4.60. The van der Waals surface area contributed by atoms with Crippen molar-refractivity contribution in [2.24, 2.45) is 5.92 Å². The molecule has 0 saturated heterocycles. The summed E-state index contributed by atoms with van der Waals surface area (Å²) in [7, 11) is 0. The van der Waals surface area contributed by atoms with Crippen LogP contribution in [0.25, 0.3) is 0 Å². The lowest BCUT2D eigenvalue weighted by Gasteiger charge is -2.10. The molecule has 0 bridgehead atoms. The molecule has 0 aliphatic rings. The van der Waals surface area contributed by atoms with E-state index in [9.17, 15) is 8.78 Å². The van der Waals surface area contributed by atoms with E-state index in [1.165, 1.54) is 51.9 Å². The first-order chi connectivity index (χ1) is 9.84. The third kappa shape index (κ3) is 28.7. The van der Waals surface area contributed by atoms with Gasteiger partial charge in [-0.1, -0.05) is 99.8 Å². The fraction of sp³-hybridized carbons (Fsp3) is 1.00. The van der Waals surface area contributed by atoms with Crippen LogP contribution in [-0.2, 0) is 0 Å². The normalized spacial score (nSPS) is 10.6. The lowest BCUT2D eigenvalue weighted by atomic mass is 10.1. The highest BCUT2D eigenvalue weighted by Crippen LogP contribution is 2.23. The zero-order valence-corrected chi connectivity index (χ0v) is 15.9. The predicted molar refractivity (Wildman–Crippen MR) is 94.3 cm³/mol. The second-order valence-electron chi connectivity index (χ2n) is 5.94. The molecule has 0 aromatic heterocycles. The smallest absolute Gasteiger partial charge is 0.207 e. The van der Waals surface area contributed by atoms with Crippen molar-refractivity contribution in [2.45, 2.75) is 119 Å². The van der Waals surface area contributed by atoms with E-state index in [2.05, 4.69) is 34.6 Å². The minimum atomic E-state index is -2.41. The Bertz CT molecular complexity index is 159. The van der Waals surface area contributed by atoms with Crippen LogP contribution in [0, 0.1) is 5.92 Å². The van der Waals surface area contributed by atoms with Crippen molar-refractivity contribution in [3.8, 4) is 0 Å². The number of unbranched alkanes of at least 4 members (excludes halogenated alkanes) is 4. The van der Waals surface area contributed by atoms with Gasteiger partial charge in [0.15, 0.2) is 0 Å². The molecule has 0 N–H and O–H groups in total. The maximum atomic E-state index is 12.2. The Morgan fingerprint density at radius 3 is 1.29 bits per heavy atom. The second kappa shape index (κ2) is 19.9. The van der Waals surface area contributed by atoms with Gasteiger partial charge in [-0.25, -0.2) is 8.78 Å². The molecule has 132 valence electrons. The van der Waals surface area contributed by atoms with E-state index >= 15 is 0 Å². The molecule has 0 spiro atoms. The van der Waals surface area contributed by atoms with Crippen molar-refractivity contribution in [2.75, 3.05) is 0 Å². The summed E-state index contributed by atoms with van der Waals surface area (Å²) >= 11 is 0. The molecule has 0 nitrogen and oxygen atoms in total. The molecule has 0 aliphatic heterocycles. The highest BCUT2D eigenvalue weighted by atomic mass is 19.3. The maximum Gasteiger partial charge on any atom is 0.247 e. The molecule has 0 heterocycles. The van der Waals surface area contributed by atoms with Gasteiger partial charge >= 0.3 is 0 Å². The Morgan fingerprint density at radius 2 is 1.14 bits per heavy atom. The summed E-state index contributed by atoms with van der Waals surface area (Å²) in [4.78, 5) is 0. The van der Waals surface area contributed by atoms with Crippen LogP contribution in [-0.4, -0.2) is 5.92 Å². The molecule has 0 fully saturated rings. The van der Waals surface area contributed by atoms with Gasteiger partial charge in [0.05, 0.1) is 0 Å². The fourth-order valence-electron chi connectivity index (χ4n) is 1.51. The van der Waals surface area contributed by atoms with E-state index in [-0.39, 0.29) is 12.8 Å². The fourth-order valence-corrected chi connectivity index (χ4v) is 1.51. The van der Waals surface area contributed by atoms with E-state index in [0.29, 0.717) is 6.42 Å². The van der Waals surface area contributed by atoms with Crippen molar-refractivity contribution in [1.82, 2.24) is 0 Å². The maximum absolute atomic E-state index is 12.2. The quantitative estimate of drug-likeness (QED) is 0.376. The first kappa shape index (κ1) is 25.8. The van der Waals surface area contributed by atoms with Crippen molar-refractivity contribution in [3.63, 3.8) is 0 Å². The molecular formula is C19H42F2. The van der Waals surface area contributed by atoms with Gasteiger partial charge in [0.1, 0.15) is 0 Å². The van der Waals surface area contributed by atoms with E-state index in [1.807, 2.05) is 0 Å². The van der Waals surface area contributed by atoms with Gasteiger partial charge in [0.25, 0.3) is 0 Å². The molecular weight excluding hydrogens is 266 g/mol. The Labute approximate surface area is 134 Å². The van der Waals surface area contributed by atoms with Gasteiger partial charge in [-0.3, -0.25) is 0 Å². The third-order valence-corrected chi connectivity index (χ3v) is 3.73. The number of halogens is 2. The van der Waals surface area contributed by atoms with Crippen LogP contribution >= 0.6 is 0 Å². The van der Waals surface area contributed by atoms with Gasteiger partial charge in [0.2, 0.25) is 5.92 Å². The molecule has 21 heavy (non-hydrogen) atoms. The average Bonchev–Trinajstić information content (AvgIpc) is 2.48. The minimum Gasteiger partial charge on any atom is -0.207 e. The van der Waals surface area contributed by atoms with E-state index in [0.717, 1.165) is 5.92 Å².